The van der Waals surface area contributed by atoms with Gasteiger partial charge in [-0.2, -0.15) is 0 Å². The summed E-state index contributed by atoms with van der Waals surface area (Å²) in [7, 11) is 0. The lowest BCUT2D eigenvalue weighted by atomic mass is 10.2. The average molecular weight is 267 g/mol. The first-order valence-electron chi connectivity index (χ1n) is 4.92. The molecule has 0 spiro atoms. The third-order valence-electron chi connectivity index (χ3n) is 2.45. The maximum absolute atomic E-state index is 5.89. The molecule has 0 aliphatic carbocycles. The van der Waals surface area contributed by atoms with E-state index >= 15 is 0 Å². The number of thiophene rings is 1. The van der Waals surface area contributed by atoms with E-state index < -0.39 is 0 Å². The molecule has 2 nitrogen and oxygen atoms in total. The van der Waals surface area contributed by atoms with Crippen molar-refractivity contribution >= 4 is 35.3 Å². The summed E-state index contributed by atoms with van der Waals surface area (Å²) in [6, 6.07) is 2.68. The summed E-state index contributed by atoms with van der Waals surface area (Å²) in [5.41, 5.74) is 0. The lowest BCUT2D eigenvalue weighted by Crippen LogP contribution is -2.48. The number of piperazine rings is 1. The predicted molar refractivity (Wildman–Crippen MR) is 69.3 cm³/mol. The fraction of sp³-hybridized carbons (Fsp3) is 0.600. The minimum absolute atomic E-state index is 0. The molecule has 2 rings (SSSR count). The highest BCUT2D eigenvalue weighted by atomic mass is 35.5. The largest absolute Gasteiger partial charge is 0.312 e. The Morgan fingerprint density at radius 1 is 1.67 bits per heavy atom. The standard InChI is InChI=1S/C10H15ClN2S.ClH/c1-8-5-13(3-2-12-8)6-10-4-9(11)7-14-10;/h4,7-8,12H,2-3,5-6H2,1H3;1H/t8-;/m1./s1. The highest BCUT2D eigenvalue weighted by Crippen LogP contribution is 2.20. The fourth-order valence-electron chi connectivity index (χ4n) is 1.81. The zero-order valence-corrected chi connectivity index (χ0v) is 11.1. The van der Waals surface area contributed by atoms with Gasteiger partial charge >= 0.3 is 0 Å². The molecule has 1 saturated heterocycles. The van der Waals surface area contributed by atoms with Gasteiger partial charge in [-0.3, -0.25) is 4.90 Å². The van der Waals surface area contributed by atoms with Gasteiger partial charge in [-0.1, -0.05) is 11.6 Å². The molecule has 5 heteroatoms. The Balaban J connectivity index is 0.00000112. The van der Waals surface area contributed by atoms with Gasteiger partial charge in [0.05, 0.1) is 5.02 Å². The summed E-state index contributed by atoms with van der Waals surface area (Å²) in [6.45, 7) is 6.65. The molecule has 0 aromatic carbocycles. The second-order valence-corrected chi connectivity index (χ2v) is 5.25. The van der Waals surface area contributed by atoms with Crippen LogP contribution in [0.4, 0.5) is 0 Å². The molecule has 15 heavy (non-hydrogen) atoms. The van der Waals surface area contributed by atoms with Gasteiger partial charge in [0.1, 0.15) is 0 Å². The van der Waals surface area contributed by atoms with Crippen molar-refractivity contribution in [3.8, 4) is 0 Å². The van der Waals surface area contributed by atoms with E-state index in [9.17, 15) is 0 Å². The highest BCUT2D eigenvalue weighted by Gasteiger charge is 2.15. The Labute approximate surface area is 106 Å². The lowest BCUT2D eigenvalue weighted by Gasteiger charge is -2.31. The van der Waals surface area contributed by atoms with Crippen molar-refractivity contribution in [2.45, 2.75) is 19.5 Å². The molecule has 2 heterocycles. The van der Waals surface area contributed by atoms with Crippen LogP contribution in [0.5, 0.6) is 0 Å². The highest BCUT2D eigenvalue weighted by molar-refractivity contribution is 7.10. The Hall–Kier alpha value is 0.200. The number of nitrogens with zero attached hydrogens (tertiary/aromatic N) is 1. The van der Waals surface area contributed by atoms with E-state index in [1.54, 1.807) is 11.3 Å². The molecular weight excluding hydrogens is 251 g/mol. The normalized spacial score (nSPS) is 22.4. The van der Waals surface area contributed by atoms with Crippen molar-refractivity contribution in [2.24, 2.45) is 0 Å². The van der Waals surface area contributed by atoms with E-state index in [0.717, 1.165) is 31.2 Å². The summed E-state index contributed by atoms with van der Waals surface area (Å²) < 4.78 is 0. The Morgan fingerprint density at radius 3 is 3.07 bits per heavy atom. The van der Waals surface area contributed by atoms with E-state index in [2.05, 4.69) is 23.2 Å². The van der Waals surface area contributed by atoms with Crippen LogP contribution in [0.2, 0.25) is 5.02 Å². The van der Waals surface area contributed by atoms with Crippen LogP contribution >= 0.6 is 35.3 Å². The van der Waals surface area contributed by atoms with E-state index in [4.69, 9.17) is 11.6 Å². The second-order valence-electron chi connectivity index (χ2n) is 3.82. The summed E-state index contributed by atoms with van der Waals surface area (Å²) >= 11 is 7.64. The van der Waals surface area contributed by atoms with Crippen LogP contribution in [0.1, 0.15) is 11.8 Å². The smallest absolute Gasteiger partial charge is 0.0516 e. The zero-order chi connectivity index (χ0) is 9.97. The molecule has 1 aliphatic rings. The van der Waals surface area contributed by atoms with Crippen LogP contribution in [-0.4, -0.2) is 30.6 Å². The Bertz CT molecular complexity index is 303. The van der Waals surface area contributed by atoms with Crippen molar-refractivity contribution in [3.05, 3.63) is 21.3 Å². The van der Waals surface area contributed by atoms with Crippen LogP contribution in [0, 0.1) is 0 Å². The number of hydrogen-bond donors (Lipinski definition) is 1. The minimum Gasteiger partial charge on any atom is -0.312 e. The Morgan fingerprint density at radius 2 is 2.47 bits per heavy atom. The molecule has 86 valence electrons. The quantitative estimate of drug-likeness (QED) is 0.886. The topological polar surface area (TPSA) is 15.3 Å². The van der Waals surface area contributed by atoms with E-state index in [-0.39, 0.29) is 12.4 Å². The monoisotopic (exact) mass is 266 g/mol. The van der Waals surface area contributed by atoms with Crippen molar-refractivity contribution in [2.75, 3.05) is 19.6 Å². The number of halogens is 2. The van der Waals surface area contributed by atoms with Crippen LogP contribution in [0.15, 0.2) is 11.4 Å². The van der Waals surface area contributed by atoms with Crippen molar-refractivity contribution in [3.63, 3.8) is 0 Å². The molecule has 0 unspecified atom stereocenters. The first-order valence-corrected chi connectivity index (χ1v) is 6.18. The van der Waals surface area contributed by atoms with Crippen molar-refractivity contribution in [1.82, 2.24) is 10.2 Å². The Kier molecular flexibility index (Phi) is 5.36. The molecule has 0 radical (unpaired) electrons. The predicted octanol–water partition coefficient (Wildman–Crippen LogP) is 2.62. The maximum Gasteiger partial charge on any atom is 0.0516 e. The molecule has 1 atom stereocenters. The molecule has 0 bridgehead atoms. The van der Waals surface area contributed by atoms with Gasteiger partial charge in [-0.15, -0.1) is 23.7 Å². The van der Waals surface area contributed by atoms with E-state index in [1.165, 1.54) is 4.88 Å². The van der Waals surface area contributed by atoms with Gasteiger partial charge < -0.3 is 5.32 Å². The molecule has 1 fully saturated rings. The molecule has 1 aromatic rings. The molecule has 1 aromatic heterocycles. The first-order chi connectivity index (χ1) is 6.74. The molecular formula is C10H16Cl2N2S. The van der Waals surface area contributed by atoms with Crippen LogP contribution in [0.3, 0.4) is 0 Å². The van der Waals surface area contributed by atoms with Crippen LogP contribution in [0.25, 0.3) is 0 Å². The van der Waals surface area contributed by atoms with Gasteiger partial charge in [-0.05, 0) is 13.0 Å². The first kappa shape index (κ1) is 13.3. The maximum atomic E-state index is 5.89. The van der Waals surface area contributed by atoms with Crippen molar-refractivity contribution < 1.29 is 0 Å². The number of hydrogen-bond acceptors (Lipinski definition) is 3. The lowest BCUT2D eigenvalue weighted by molar-refractivity contribution is 0.201. The number of nitrogens with one attached hydrogen (secondary N) is 1. The SMILES string of the molecule is C[C@@H]1CN(Cc2cc(Cl)cs2)CCN1.Cl. The second kappa shape index (κ2) is 6.06. The summed E-state index contributed by atoms with van der Waals surface area (Å²) in [5, 5.41) is 6.31. The molecule has 1 aliphatic heterocycles. The summed E-state index contributed by atoms with van der Waals surface area (Å²) in [4.78, 5) is 3.84. The number of rotatable bonds is 2. The van der Waals surface area contributed by atoms with Crippen LogP contribution < -0.4 is 5.32 Å². The molecule has 0 amide bonds. The van der Waals surface area contributed by atoms with Gasteiger partial charge in [0.2, 0.25) is 0 Å². The summed E-state index contributed by atoms with van der Waals surface area (Å²) in [5.74, 6) is 0. The van der Waals surface area contributed by atoms with E-state index in [0.29, 0.717) is 6.04 Å². The zero-order valence-electron chi connectivity index (χ0n) is 8.70. The van der Waals surface area contributed by atoms with Gasteiger partial charge in [0.15, 0.2) is 0 Å². The summed E-state index contributed by atoms with van der Waals surface area (Å²) in [6.07, 6.45) is 0. The molecule has 1 N–H and O–H groups in total. The van der Waals surface area contributed by atoms with Gasteiger partial charge in [-0.25, -0.2) is 0 Å². The van der Waals surface area contributed by atoms with E-state index in [1.807, 2.05) is 5.38 Å². The third kappa shape index (κ3) is 3.93. The van der Waals surface area contributed by atoms with Crippen LogP contribution in [-0.2, 0) is 6.54 Å². The molecule has 0 saturated carbocycles. The van der Waals surface area contributed by atoms with Gasteiger partial charge in [0, 0.05) is 42.5 Å². The van der Waals surface area contributed by atoms with Gasteiger partial charge in [0.25, 0.3) is 0 Å². The fourth-order valence-corrected chi connectivity index (χ4v) is 2.93. The average Bonchev–Trinajstić information content (AvgIpc) is 2.51. The minimum atomic E-state index is 0. The third-order valence-corrected chi connectivity index (χ3v) is 3.72. The van der Waals surface area contributed by atoms with Crippen molar-refractivity contribution in [1.29, 1.82) is 0 Å².